The van der Waals surface area contributed by atoms with Crippen LogP contribution in [0.2, 0.25) is 0 Å². The van der Waals surface area contributed by atoms with E-state index >= 15 is 0 Å². The van der Waals surface area contributed by atoms with E-state index in [1.165, 1.54) is 0 Å². The van der Waals surface area contributed by atoms with Crippen molar-refractivity contribution in [2.75, 3.05) is 0 Å². The average Bonchev–Trinajstić information content (AvgIpc) is 2.28. The van der Waals surface area contributed by atoms with Crippen molar-refractivity contribution in [1.82, 2.24) is 10.9 Å². The third-order valence-corrected chi connectivity index (χ3v) is 1.96. The highest BCUT2D eigenvalue weighted by Gasteiger charge is 1.88. The van der Waals surface area contributed by atoms with Crippen LogP contribution in [0.3, 0.4) is 0 Å². The summed E-state index contributed by atoms with van der Waals surface area (Å²) in [5.41, 5.74) is 7.43. The van der Waals surface area contributed by atoms with Crippen molar-refractivity contribution in [2.24, 2.45) is 10.2 Å². The predicted molar refractivity (Wildman–Crippen MR) is 74.7 cm³/mol. The molecule has 0 aliphatic rings. The third-order valence-electron chi connectivity index (χ3n) is 1.78. The Labute approximate surface area is 102 Å². The van der Waals surface area contributed by atoms with Gasteiger partial charge in [-0.25, -0.2) is 0 Å². The second-order valence-electron chi connectivity index (χ2n) is 3.13. The van der Waals surface area contributed by atoms with Gasteiger partial charge in [0.2, 0.25) is 5.11 Å². The van der Waals surface area contributed by atoms with Crippen LogP contribution in [0, 0.1) is 0 Å². The molecule has 0 amide bonds. The molecular weight excluding hydrogens is 220 g/mol. The van der Waals surface area contributed by atoms with Crippen molar-refractivity contribution in [1.29, 1.82) is 0 Å². The predicted octanol–water partition coefficient (Wildman–Crippen LogP) is 2.35. The highest BCUT2D eigenvalue weighted by Crippen LogP contribution is 1.85. The fourth-order valence-corrected chi connectivity index (χ4v) is 0.665. The van der Waals surface area contributed by atoms with Gasteiger partial charge in [0.15, 0.2) is 0 Å². The van der Waals surface area contributed by atoms with Crippen LogP contribution < -0.4 is 10.9 Å². The first-order chi connectivity index (χ1) is 7.60. The summed E-state index contributed by atoms with van der Waals surface area (Å²) < 4.78 is 0. The molecule has 0 saturated carbocycles. The molecule has 0 aromatic heterocycles. The number of nitrogens with one attached hydrogen (secondary N) is 2. The van der Waals surface area contributed by atoms with Gasteiger partial charge < -0.3 is 0 Å². The molecular formula is C11H18N4S. The quantitative estimate of drug-likeness (QED) is 0.449. The Bertz CT molecular complexity index is 308. The van der Waals surface area contributed by atoms with Crippen LogP contribution in [0.1, 0.15) is 27.7 Å². The molecule has 4 nitrogen and oxygen atoms in total. The Morgan fingerprint density at radius 3 is 1.62 bits per heavy atom. The summed E-state index contributed by atoms with van der Waals surface area (Å²) in [6.07, 6.45) is 7.29. The van der Waals surface area contributed by atoms with Crippen molar-refractivity contribution in [3.05, 3.63) is 23.3 Å². The van der Waals surface area contributed by atoms with Gasteiger partial charge in [-0.3, -0.25) is 10.9 Å². The Kier molecular flexibility index (Phi) is 7.97. The number of hydrogen-bond donors (Lipinski definition) is 2. The van der Waals surface area contributed by atoms with Gasteiger partial charge in [0.25, 0.3) is 0 Å². The van der Waals surface area contributed by atoms with Gasteiger partial charge >= 0.3 is 0 Å². The summed E-state index contributed by atoms with van der Waals surface area (Å²) in [6, 6.07) is 0. The minimum atomic E-state index is 0.361. The van der Waals surface area contributed by atoms with Crippen LogP contribution in [0.25, 0.3) is 0 Å². The Hall–Kier alpha value is -1.49. The molecule has 88 valence electrons. The summed E-state index contributed by atoms with van der Waals surface area (Å²) in [4.78, 5) is 0. The van der Waals surface area contributed by atoms with E-state index in [9.17, 15) is 0 Å². The van der Waals surface area contributed by atoms with E-state index in [1.54, 1.807) is 12.4 Å². The average molecular weight is 238 g/mol. The minimum absolute atomic E-state index is 0.361. The number of thiocarbonyl (C=S) groups is 1. The molecule has 0 aliphatic heterocycles. The second kappa shape index (κ2) is 8.79. The van der Waals surface area contributed by atoms with E-state index in [2.05, 4.69) is 21.1 Å². The summed E-state index contributed by atoms with van der Waals surface area (Å²) >= 11 is 4.94. The van der Waals surface area contributed by atoms with Crippen molar-refractivity contribution in [3.8, 4) is 0 Å². The lowest BCUT2D eigenvalue weighted by atomic mass is 10.3. The van der Waals surface area contributed by atoms with Gasteiger partial charge in [0.05, 0.1) is 0 Å². The lowest BCUT2D eigenvalue weighted by Crippen LogP contribution is -2.28. The molecule has 0 unspecified atom stereocenters. The Morgan fingerprint density at radius 2 is 1.31 bits per heavy atom. The Morgan fingerprint density at radius 1 is 0.938 bits per heavy atom. The molecule has 2 N–H and O–H groups in total. The highest BCUT2D eigenvalue weighted by molar-refractivity contribution is 7.80. The zero-order chi connectivity index (χ0) is 12.4. The fourth-order valence-electron chi connectivity index (χ4n) is 0.560. The number of hydrazone groups is 2. The van der Waals surface area contributed by atoms with Crippen molar-refractivity contribution >= 4 is 29.8 Å². The Balaban J connectivity index is 3.93. The van der Waals surface area contributed by atoms with E-state index in [1.807, 2.05) is 39.8 Å². The SMILES string of the molecule is CC=C(C)C=NNC(=S)NN=CC(C)=CC. The fraction of sp³-hybridized carbons (Fsp3) is 0.364. The molecule has 5 heteroatoms. The van der Waals surface area contributed by atoms with Crippen LogP contribution >= 0.6 is 12.2 Å². The summed E-state index contributed by atoms with van der Waals surface area (Å²) in [5.74, 6) is 0. The normalized spacial score (nSPS) is 13.5. The first-order valence-electron chi connectivity index (χ1n) is 4.98. The summed E-state index contributed by atoms with van der Waals surface area (Å²) in [6.45, 7) is 7.80. The maximum absolute atomic E-state index is 4.94. The molecule has 0 heterocycles. The maximum Gasteiger partial charge on any atom is 0.207 e. The summed E-state index contributed by atoms with van der Waals surface area (Å²) in [5, 5.41) is 8.21. The topological polar surface area (TPSA) is 48.8 Å². The molecule has 0 aromatic rings. The minimum Gasteiger partial charge on any atom is -0.252 e. The van der Waals surface area contributed by atoms with E-state index < -0.39 is 0 Å². The van der Waals surface area contributed by atoms with Crippen molar-refractivity contribution in [3.63, 3.8) is 0 Å². The molecule has 0 aromatic carbocycles. The van der Waals surface area contributed by atoms with Crippen LogP contribution in [0.4, 0.5) is 0 Å². The monoisotopic (exact) mass is 238 g/mol. The standard InChI is InChI=1S/C11H18N4S/c1-5-9(3)7-12-14-11(16)15-13-8-10(4)6-2/h5-8H,1-4H3,(H2,14,15,16). The molecule has 0 aliphatic carbocycles. The summed E-state index contributed by atoms with van der Waals surface area (Å²) in [7, 11) is 0. The molecule has 16 heavy (non-hydrogen) atoms. The van der Waals surface area contributed by atoms with E-state index in [4.69, 9.17) is 12.2 Å². The lowest BCUT2D eigenvalue weighted by Gasteiger charge is -2.00. The number of nitrogens with zero attached hydrogens (tertiary/aromatic N) is 2. The van der Waals surface area contributed by atoms with Crippen LogP contribution in [-0.4, -0.2) is 17.5 Å². The van der Waals surface area contributed by atoms with Crippen LogP contribution in [0.5, 0.6) is 0 Å². The molecule has 0 bridgehead atoms. The van der Waals surface area contributed by atoms with Gasteiger partial charge in [-0.1, -0.05) is 12.2 Å². The van der Waals surface area contributed by atoms with E-state index in [0.717, 1.165) is 11.1 Å². The molecule has 0 radical (unpaired) electrons. The third kappa shape index (κ3) is 7.87. The number of rotatable bonds is 4. The van der Waals surface area contributed by atoms with Crippen LogP contribution in [-0.2, 0) is 0 Å². The highest BCUT2D eigenvalue weighted by atomic mass is 32.1. The lowest BCUT2D eigenvalue weighted by molar-refractivity contribution is 0.934. The maximum atomic E-state index is 4.94. The first kappa shape index (κ1) is 14.5. The largest absolute Gasteiger partial charge is 0.252 e. The number of allylic oxidation sites excluding steroid dienone is 4. The van der Waals surface area contributed by atoms with Crippen molar-refractivity contribution < 1.29 is 0 Å². The molecule has 0 spiro atoms. The molecule has 0 fully saturated rings. The molecule has 0 atom stereocenters. The first-order valence-corrected chi connectivity index (χ1v) is 5.39. The van der Waals surface area contributed by atoms with E-state index in [-0.39, 0.29) is 0 Å². The van der Waals surface area contributed by atoms with Gasteiger partial charge in [0, 0.05) is 12.4 Å². The smallest absolute Gasteiger partial charge is 0.207 e. The van der Waals surface area contributed by atoms with Gasteiger partial charge in [-0.15, -0.1) is 0 Å². The van der Waals surface area contributed by atoms with E-state index in [0.29, 0.717) is 5.11 Å². The van der Waals surface area contributed by atoms with Gasteiger partial charge in [-0.2, -0.15) is 10.2 Å². The zero-order valence-corrected chi connectivity index (χ0v) is 10.9. The van der Waals surface area contributed by atoms with Crippen molar-refractivity contribution in [2.45, 2.75) is 27.7 Å². The molecule has 0 rings (SSSR count). The molecule has 0 saturated heterocycles. The van der Waals surface area contributed by atoms with Crippen LogP contribution in [0.15, 0.2) is 33.5 Å². The van der Waals surface area contributed by atoms with Gasteiger partial charge in [0.1, 0.15) is 0 Å². The number of hydrogen-bond acceptors (Lipinski definition) is 3. The van der Waals surface area contributed by atoms with Gasteiger partial charge in [-0.05, 0) is 51.1 Å². The second-order valence-corrected chi connectivity index (χ2v) is 3.54. The zero-order valence-electron chi connectivity index (χ0n) is 10.1.